The highest BCUT2D eigenvalue weighted by Crippen LogP contribution is 2.54. The molecule has 4 rings (SSSR count). The van der Waals surface area contributed by atoms with Gasteiger partial charge in [0, 0.05) is 18.7 Å². The second kappa shape index (κ2) is 7.04. The van der Waals surface area contributed by atoms with E-state index in [1.54, 1.807) is 28.9 Å². The monoisotopic (exact) mass is 395 g/mol. The number of likely N-dealkylation sites (tertiary alicyclic amines) is 1. The molecule has 1 aromatic carbocycles. The molecule has 1 saturated carbocycles. The van der Waals surface area contributed by atoms with Gasteiger partial charge in [0.1, 0.15) is 17.1 Å². The molecule has 8 nitrogen and oxygen atoms in total. The Morgan fingerprint density at radius 2 is 2.00 bits per heavy atom. The minimum atomic E-state index is -0.618. The van der Waals surface area contributed by atoms with Gasteiger partial charge in [-0.15, -0.1) is 0 Å². The van der Waals surface area contributed by atoms with Gasteiger partial charge < -0.3 is 21.5 Å². The fourth-order valence-electron chi connectivity index (χ4n) is 4.64. The van der Waals surface area contributed by atoms with Crippen molar-refractivity contribution in [3.8, 4) is 11.3 Å². The summed E-state index contributed by atoms with van der Waals surface area (Å²) in [6.07, 6.45) is 4.00. The number of carbonyl (C=O) groups excluding carboxylic acids is 2. The van der Waals surface area contributed by atoms with E-state index >= 15 is 0 Å². The molecule has 1 aliphatic carbocycles. The van der Waals surface area contributed by atoms with E-state index in [1.807, 2.05) is 4.90 Å². The van der Waals surface area contributed by atoms with Crippen LogP contribution in [0.2, 0.25) is 0 Å². The highest BCUT2D eigenvalue weighted by molar-refractivity contribution is 6.03. The van der Waals surface area contributed by atoms with Crippen molar-refractivity contribution < 1.29 is 14.7 Å². The van der Waals surface area contributed by atoms with Gasteiger partial charge in [0.2, 0.25) is 5.91 Å². The van der Waals surface area contributed by atoms with Crippen LogP contribution in [0.5, 0.6) is 0 Å². The summed E-state index contributed by atoms with van der Waals surface area (Å²) < 4.78 is 1.71. The van der Waals surface area contributed by atoms with E-state index in [0.29, 0.717) is 12.2 Å². The second-order valence-corrected chi connectivity index (χ2v) is 8.05. The van der Waals surface area contributed by atoms with Crippen molar-refractivity contribution in [1.29, 1.82) is 0 Å². The number of hydrogen-bond donors (Lipinski definition) is 3. The van der Waals surface area contributed by atoms with Crippen LogP contribution < -0.4 is 11.5 Å². The lowest BCUT2D eigenvalue weighted by Crippen LogP contribution is -2.42. The van der Waals surface area contributed by atoms with Gasteiger partial charge in [0.05, 0.1) is 12.6 Å². The van der Waals surface area contributed by atoms with Gasteiger partial charge in [-0.2, -0.15) is 5.10 Å². The number of amides is 2. The number of nitrogens with zero attached hydrogens (tertiary/aromatic N) is 3. The minimum absolute atomic E-state index is 0.0337. The van der Waals surface area contributed by atoms with Gasteiger partial charge in [-0.05, 0) is 36.3 Å². The summed E-state index contributed by atoms with van der Waals surface area (Å²) in [5.41, 5.74) is 14.1. The number of benzene rings is 1. The van der Waals surface area contributed by atoms with Gasteiger partial charge in [-0.25, -0.2) is 4.68 Å². The first-order valence-corrected chi connectivity index (χ1v) is 9.67. The third kappa shape index (κ3) is 3.19. The highest BCUT2D eigenvalue weighted by Gasteiger charge is 2.50. The Labute approximate surface area is 168 Å². The van der Waals surface area contributed by atoms with Crippen LogP contribution in [-0.4, -0.2) is 44.7 Å². The molecule has 0 atom stereocenters. The lowest BCUT2D eigenvalue weighted by molar-refractivity contribution is -0.125. The maximum atomic E-state index is 12.1. The molecule has 1 spiro atoms. The molecule has 29 heavy (non-hydrogen) atoms. The zero-order valence-electron chi connectivity index (χ0n) is 16.2. The van der Waals surface area contributed by atoms with Crippen molar-refractivity contribution in [1.82, 2.24) is 14.7 Å². The first kappa shape index (κ1) is 19.2. The quantitative estimate of drug-likeness (QED) is 0.661. The number of hydrogen-bond acceptors (Lipinski definition) is 5. The van der Waals surface area contributed by atoms with Gasteiger partial charge in [-0.1, -0.05) is 30.8 Å². The third-order valence-electron chi connectivity index (χ3n) is 6.21. The third-order valence-corrected chi connectivity index (χ3v) is 6.21. The van der Waals surface area contributed by atoms with Gasteiger partial charge >= 0.3 is 0 Å². The normalized spacial score (nSPS) is 23.2. The van der Waals surface area contributed by atoms with Gasteiger partial charge in [0.25, 0.3) is 5.91 Å². The Bertz CT molecular complexity index is 973. The van der Waals surface area contributed by atoms with E-state index in [-0.39, 0.29) is 35.4 Å². The maximum Gasteiger partial charge on any atom is 0.254 e. The number of nitrogens with two attached hydrogens (primary N) is 2. The first-order chi connectivity index (χ1) is 13.9. The van der Waals surface area contributed by atoms with Crippen LogP contribution in [-0.2, 0) is 11.4 Å². The molecule has 0 radical (unpaired) electrons. The molecule has 2 amide bonds. The average Bonchev–Trinajstić information content (AvgIpc) is 3.28. The van der Waals surface area contributed by atoms with E-state index in [0.717, 1.165) is 36.9 Å². The van der Waals surface area contributed by atoms with Gasteiger partial charge in [0.15, 0.2) is 0 Å². The smallest absolute Gasteiger partial charge is 0.254 e. The standard InChI is InChI=1S/C21H25N5O3/c1-2-16(28)25-8-7-21(12-25)9-15(10-21)26-19(22)17(20(23)29)18(24-26)14-5-3-13(11-27)4-6-14/h2-6,15,27H,1,7-12,22H2,(H2,23,29)/t15-,21-. The number of aromatic nitrogens is 2. The SMILES string of the molecule is C=CC(=O)N1CC[C@]2(C1)C[C@H](n1nc(-c3ccc(CO)cc3)c(C(N)=O)c1N)C2. The molecule has 8 heteroatoms. The Balaban J connectivity index is 1.59. The van der Waals surface area contributed by atoms with E-state index in [2.05, 4.69) is 11.7 Å². The van der Waals surface area contributed by atoms with Crippen LogP contribution in [0.15, 0.2) is 36.9 Å². The molecule has 1 saturated heterocycles. The topological polar surface area (TPSA) is 127 Å². The van der Waals surface area contributed by atoms with Crippen molar-refractivity contribution in [2.24, 2.45) is 11.1 Å². The second-order valence-electron chi connectivity index (χ2n) is 8.05. The predicted molar refractivity (Wildman–Crippen MR) is 109 cm³/mol. The number of aliphatic hydroxyl groups is 1. The molecular weight excluding hydrogens is 370 g/mol. The Hall–Kier alpha value is -3.13. The Morgan fingerprint density at radius 1 is 1.31 bits per heavy atom. The average molecular weight is 395 g/mol. The molecule has 2 heterocycles. The van der Waals surface area contributed by atoms with Crippen molar-refractivity contribution >= 4 is 17.6 Å². The van der Waals surface area contributed by atoms with Crippen LogP contribution in [0.4, 0.5) is 5.82 Å². The molecule has 2 aliphatic rings. The number of rotatable bonds is 5. The summed E-state index contributed by atoms with van der Waals surface area (Å²) in [6, 6.07) is 7.20. The van der Waals surface area contributed by atoms with E-state index in [9.17, 15) is 14.7 Å². The molecular formula is C21H25N5O3. The van der Waals surface area contributed by atoms with Crippen molar-refractivity contribution in [3.63, 3.8) is 0 Å². The number of aliphatic hydroxyl groups excluding tert-OH is 1. The van der Waals surface area contributed by atoms with Crippen molar-refractivity contribution in [2.75, 3.05) is 18.8 Å². The number of anilines is 1. The lowest BCUT2D eigenvalue weighted by Gasteiger charge is -2.45. The summed E-state index contributed by atoms with van der Waals surface area (Å²) in [5.74, 6) is -0.378. The summed E-state index contributed by atoms with van der Waals surface area (Å²) in [4.78, 5) is 25.8. The number of nitrogen functional groups attached to an aromatic ring is 1. The number of primary amides is 1. The summed E-state index contributed by atoms with van der Waals surface area (Å²) in [6.45, 7) is 4.95. The summed E-state index contributed by atoms with van der Waals surface area (Å²) in [7, 11) is 0. The molecule has 2 fully saturated rings. The van der Waals surface area contributed by atoms with Crippen molar-refractivity contribution in [3.05, 3.63) is 48.0 Å². The Morgan fingerprint density at radius 3 is 2.59 bits per heavy atom. The fourth-order valence-corrected chi connectivity index (χ4v) is 4.64. The highest BCUT2D eigenvalue weighted by atomic mass is 16.3. The predicted octanol–water partition coefficient (Wildman–Crippen LogP) is 1.46. The van der Waals surface area contributed by atoms with Crippen LogP contribution in [0.25, 0.3) is 11.3 Å². The van der Waals surface area contributed by atoms with Gasteiger partial charge in [-0.3, -0.25) is 9.59 Å². The maximum absolute atomic E-state index is 12.1. The summed E-state index contributed by atoms with van der Waals surface area (Å²) in [5, 5.41) is 13.9. The molecule has 5 N–H and O–H groups in total. The zero-order chi connectivity index (χ0) is 20.8. The zero-order valence-corrected chi connectivity index (χ0v) is 16.2. The van der Waals surface area contributed by atoms with Crippen molar-refractivity contribution in [2.45, 2.75) is 31.9 Å². The van der Waals surface area contributed by atoms with E-state index < -0.39 is 5.91 Å². The molecule has 0 unspecified atom stereocenters. The van der Waals surface area contributed by atoms with E-state index in [1.165, 1.54) is 6.08 Å². The minimum Gasteiger partial charge on any atom is -0.392 e. The van der Waals surface area contributed by atoms with Crippen LogP contribution >= 0.6 is 0 Å². The molecule has 0 bridgehead atoms. The molecule has 2 aromatic rings. The fraction of sp³-hybridized carbons (Fsp3) is 0.381. The van der Waals surface area contributed by atoms with E-state index in [4.69, 9.17) is 11.5 Å². The van der Waals surface area contributed by atoms with Crippen LogP contribution in [0.1, 0.15) is 41.2 Å². The molecule has 152 valence electrons. The number of carbonyl (C=O) groups is 2. The van der Waals surface area contributed by atoms with Crippen LogP contribution in [0.3, 0.4) is 0 Å². The Kier molecular flexibility index (Phi) is 4.66. The summed E-state index contributed by atoms with van der Waals surface area (Å²) >= 11 is 0. The largest absolute Gasteiger partial charge is 0.392 e. The first-order valence-electron chi connectivity index (χ1n) is 9.67. The molecule has 1 aromatic heterocycles. The lowest BCUT2D eigenvalue weighted by atomic mass is 9.65. The molecule has 1 aliphatic heterocycles. The van der Waals surface area contributed by atoms with Crippen LogP contribution in [0, 0.1) is 5.41 Å².